The second-order valence-electron chi connectivity index (χ2n) is 3.86. The van der Waals surface area contributed by atoms with Gasteiger partial charge in [0.1, 0.15) is 5.75 Å². The number of rotatable bonds is 2. The number of hydrogen-bond acceptors (Lipinski definition) is 3. The minimum atomic E-state index is -4.60. The predicted molar refractivity (Wildman–Crippen MR) is 65.4 cm³/mol. The van der Waals surface area contributed by atoms with Crippen LogP contribution in [0.2, 0.25) is 0 Å². The average Bonchev–Trinajstić information content (AvgIpc) is 2.38. The second-order valence-corrected chi connectivity index (χ2v) is 4.80. The molecule has 0 radical (unpaired) electrons. The van der Waals surface area contributed by atoms with Gasteiger partial charge in [-0.15, -0.1) is 0 Å². The highest BCUT2D eigenvalue weighted by molar-refractivity contribution is 7.79. The van der Waals surface area contributed by atoms with Crippen molar-refractivity contribution in [2.75, 3.05) is 0 Å². The number of alkyl halides is 3. The molecule has 1 heterocycles. The fraction of sp³-hybridized carbons (Fsp3) is 0.0833. The van der Waals surface area contributed by atoms with E-state index in [4.69, 9.17) is 9.66 Å². The van der Waals surface area contributed by atoms with Gasteiger partial charge in [-0.25, -0.2) is 4.21 Å². The molecule has 0 fully saturated rings. The first-order chi connectivity index (χ1) is 9.29. The molecular weight excluding hydrogens is 295 g/mol. The molecule has 0 aliphatic carbocycles. The van der Waals surface area contributed by atoms with Crippen LogP contribution in [-0.2, 0) is 17.3 Å². The van der Waals surface area contributed by atoms with Crippen molar-refractivity contribution in [3.63, 3.8) is 0 Å². The van der Waals surface area contributed by atoms with Gasteiger partial charge in [0.05, 0.1) is 22.3 Å². The Morgan fingerprint density at radius 1 is 1.15 bits per heavy atom. The number of aromatic nitrogens is 1. The summed E-state index contributed by atoms with van der Waals surface area (Å²) < 4.78 is 58.1. The summed E-state index contributed by atoms with van der Waals surface area (Å²) in [7, 11) is 0. The molecule has 1 atom stereocenters. The fourth-order valence-electron chi connectivity index (χ4n) is 1.60. The van der Waals surface area contributed by atoms with Crippen LogP contribution in [0.4, 0.5) is 13.2 Å². The first-order valence-corrected chi connectivity index (χ1v) is 6.37. The third-order valence-electron chi connectivity index (χ3n) is 2.52. The average molecular weight is 303 g/mol. The van der Waals surface area contributed by atoms with Gasteiger partial charge in [0, 0.05) is 5.56 Å². The van der Waals surface area contributed by atoms with Crippen molar-refractivity contribution in [1.29, 1.82) is 0 Å². The Balaban J connectivity index is 2.59. The molecule has 0 spiro atoms. The van der Waals surface area contributed by atoms with Gasteiger partial charge >= 0.3 is 6.18 Å². The van der Waals surface area contributed by atoms with Crippen molar-refractivity contribution in [2.24, 2.45) is 0 Å². The van der Waals surface area contributed by atoms with Gasteiger partial charge in [-0.1, -0.05) is 6.07 Å². The smallest absolute Gasteiger partial charge is 0.416 e. The minimum Gasteiger partial charge on any atom is -0.506 e. The summed E-state index contributed by atoms with van der Waals surface area (Å²) in [4.78, 5) is 3.42. The summed E-state index contributed by atoms with van der Waals surface area (Å²) in [5.74, 6) is -0.118. The van der Waals surface area contributed by atoms with Gasteiger partial charge in [-0.2, -0.15) is 13.2 Å². The lowest BCUT2D eigenvalue weighted by atomic mass is 10.1. The monoisotopic (exact) mass is 303 g/mol. The van der Waals surface area contributed by atoms with Crippen molar-refractivity contribution in [1.82, 2.24) is 4.98 Å². The summed E-state index contributed by atoms with van der Waals surface area (Å²) >= 11 is -2.59. The van der Waals surface area contributed by atoms with E-state index in [0.29, 0.717) is 6.07 Å². The van der Waals surface area contributed by atoms with Gasteiger partial charge in [-0.3, -0.25) is 4.98 Å². The number of halogens is 3. The molecule has 1 unspecified atom stereocenters. The Morgan fingerprint density at radius 3 is 2.35 bits per heavy atom. The highest BCUT2D eigenvalue weighted by Gasteiger charge is 2.31. The molecule has 1 aromatic carbocycles. The summed E-state index contributed by atoms with van der Waals surface area (Å²) in [6.07, 6.45) is -3.51. The summed E-state index contributed by atoms with van der Waals surface area (Å²) in [5.41, 5.74) is -0.731. The number of nitrogens with zero attached hydrogens (tertiary/aromatic N) is 1. The van der Waals surface area contributed by atoms with Crippen molar-refractivity contribution in [3.8, 4) is 17.0 Å². The van der Waals surface area contributed by atoms with Crippen LogP contribution in [0.5, 0.6) is 5.75 Å². The maximum Gasteiger partial charge on any atom is 0.416 e. The van der Waals surface area contributed by atoms with Crippen LogP contribution in [0.25, 0.3) is 11.3 Å². The van der Waals surface area contributed by atoms with E-state index in [0.717, 1.165) is 18.3 Å². The molecule has 0 aliphatic rings. The zero-order valence-corrected chi connectivity index (χ0v) is 10.6. The minimum absolute atomic E-state index is 0.0961. The molecule has 2 aromatic rings. The molecule has 20 heavy (non-hydrogen) atoms. The van der Waals surface area contributed by atoms with E-state index in [1.54, 1.807) is 0 Å². The zero-order chi connectivity index (χ0) is 14.9. The van der Waals surface area contributed by atoms with E-state index in [9.17, 15) is 17.4 Å². The topological polar surface area (TPSA) is 70.4 Å². The third kappa shape index (κ3) is 2.97. The molecule has 0 aliphatic heterocycles. The molecule has 1 aromatic heterocycles. The van der Waals surface area contributed by atoms with Gasteiger partial charge in [0.25, 0.3) is 0 Å². The fourth-order valence-corrected chi connectivity index (χ4v) is 2.19. The number of pyridine rings is 1. The highest BCUT2D eigenvalue weighted by Crippen LogP contribution is 2.34. The Hall–Kier alpha value is -1.93. The van der Waals surface area contributed by atoms with Crippen molar-refractivity contribution in [2.45, 2.75) is 11.1 Å². The molecule has 0 saturated carbocycles. The molecule has 2 N–H and O–H groups in total. The maximum absolute atomic E-state index is 12.6. The Morgan fingerprint density at radius 2 is 1.85 bits per heavy atom. The van der Waals surface area contributed by atoms with Crippen LogP contribution < -0.4 is 0 Å². The zero-order valence-electron chi connectivity index (χ0n) is 9.76. The molecule has 2 rings (SSSR count). The predicted octanol–water partition coefficient (Wildman–Crippen LogP) is 3.05. The van der Waals surface area contributed by atoms with E-state index in [2.05, 4.69) is 4.98 Å². The Kier molecular flexibility index (Phi) is 3.78. The normalized spacial score (nSPS) is 13.2. The molecule has 4 nitrogen and oxygen atoms in total. The maximum atomic E-state index is 12.6. The SMILES string of the molecule is O=S(O)c1cc(C(F)(F)F)ccc1-c1ccc(O)cn1. The van der Waals surface area contributed by atoms with Crippen LogP contribution in [0.1, 0.15) is 5.56 Å². The Labute approximate surface area is 114 Å². The van der Waals surface area contributed by atoms with Crippen LogP contribution in [-0.4, -0.2) is 18.9 Å². The first kappa shape index (κ1) is 14.5. The van der Waals surface area contributed by atoms with E-state index in [1.807, 2.05) is 0 Å². The van der Waals surface area contributed by atoms with Crippen LogP contribution in [0, 0.1) is 0 Å². The molecule has 0 saturated heterocycles. The lowest BCUT2D eigenvalue weighted by molar-refractivity contribution is -0.137. The van der Waals surface area contributed by atoms with E-state index in [-0.39, 0.29) is 17.0 Å². The quantitative estimate of drug-likeness (QED) is 0.837. The largest absolute Gasteiger partial charge is 0.506 e. The van der Waals surface area contributed by atoms with Crippen LogP contribution in [0.3, 0.4) is 0 Å². The molecule has 8 heteroatoms. The van der Waals surface area contributed by atoms with Gasteiger partial charge in [-0.05, 0) is 24.3 Å². The van der Waals surface area contributed by atoms with Gasteiger partial charge < -0.3 is 9.66 Å². The van der Waals surface area contributed by atoms with Crippen molar-refractivity contribution in [3.05, 3.63) is 42.1 Å². The van der Waals surface area contributed by atoms with Gasteiger partial charge in [0.2, 0.25) is 0 Å². The molecule has 106 valence electrons. The van der Waals surface area contributed by atoms with Gasteiger partial charge in [0.15, 0.2) is 11.1 Å². The lowest BCUT2D eigenvalue weighted by Gasteiger charge is -2.11. The highest BCUT2D eigenvalue weighted by atomic mass is 32.2. The number of benzene rings is 1. The lowest BCUT2D eigenvalue weighted by Crippen LogP contribution is -2.06. The van der Waals surface area contributed by atoms with E-state index < -0.39 is 27.7 Å². The number of hydrogen-bond donors (Lipinski definition) is 2. The van der Waals surface area contributed by atoms with E-state index in [1.165, 1.54) is 12.1 Å². The second kappa shape index (κ2) is 5.22. The van der Waals surface area contributed by atoms with Crippen LogP contribution >= 0.6 is 0 Å². The van der Waals surface area contributed by atoms with Crippen LogP contribution in [0.15, 0.2) is 41.4 Å². The standard InChI is InChI=1S/C12H8F3NO3S/c13-12(14,15)7-1-3-9(11(5-7)20(18)19)10-4-2-8(17)6-16-10/h1-6,17H,(H,18,19). The van der Waals surface area contributed by atoms with Crippen molar-refractivity contribution >= 4 is 11.1 Å². The van der Waals surface area contributed by atoms with Crippen molar-refractivity contribution < 1.29 is 27.0 Å². The summed E-state index contributed by atoms with van der Waals surface area (Å²) in [5, 5.41) is 9.11. The summed E-state index contributed by atoms with van der Waals surface area (Å²) in [6, 6.07) is 5.12. The Bertz CT molecular complexity index is 656. The van der Waals surface area contributed by atoms with E-state index >= 15 is 0 Å². The summed E-state index contributed by atoms with van der Waals surface area (Å²) in [6.45, 7) is 0. The first-order valence-electron chi connectivity index (χ1n) is 5.26. The molecule has 0 amide bonds. The number of aromatic hydroxyl groups is 1. The molecule has 0 bridgehead atoms. The molecular formula is C12H8F3NO3S. The third-order valence-corrected chi connectivity index (χ3v) is 3.23.